The van der Waals surface area contributed by atoms with Crippen molar-refractivity contribution in [2.75, 3.05) is 31.1 Å². The Labute approximate surface area is 128 Å². The summed E-state index contributed by atoms with van der Waals surface area (Å²) in [5, 5.41) is 2.01. The molecule has 1 saturated heterocycles. The Morgan fingerprint density at radius 1 is 1.14 bits per heavy atom. The highest BCUT2D eigenvalue weighted by Gasteiger charge is 2.20. The van der Waals surface area contributed by atoms with Gasteiger partial charge in [-0.1, -0.05) is 12.1 Å². The fourth-order valence-electron chi connectivity index (χ4n) is 2.34. The van der Waals surface area contributed by atoms with Gasteiger partial charge in [-0.05, 0) is 29.7 Å². The van der Waals surface area contributed by atoms with Gasteiger partial charge >= 0.3 is 0 Å². The first-order valence-electron chi connectivity index (χ1n) is 6.99. The van der Waals surface area contributed by atoms with Crippen LogP contribution in [0.2, 0.25) is 0 Å². The van der Waals surface area contributed by atoms with Crippen molar-refractivity contribution < 1.29 is 4.79 Å². The van der Waals surface area contributed by atoms with Crippen LogP contribution >= 0.6 is 11.3 Å². The standard InChI is InChI=1S/C16H17N3OS/c20-16(7-6-14-4-3-13-21-14)19-11-9-18(10-12-19)15-5-1-2-8-17-15/h1-8,13H,9-12H2/b7-6+. The summed E-state index contributed by atoms with van der Waals surface area (Å²) >= 11 is 1.64. The maximum atomic E-state index is 12.1. The third kappa shape index (κ3) is 3.49. The van der Waals surface area contributed by atoms with Crippen LogP contribution in [0.15, 0.2) is 48.0 Å². The van der Waals surface area contributed by atoms with Crippen LogP contribution in [-0.4, -0.2) is 42.0 Å². The van der Waals surface area contributed by atoms with Gasteiger partial charge < -0.3 is 9.80 Å². The average Bonchev–Trinajstić information content (AvgIpc) is 3.07. The molecule has 1 amide bonds. The molecule has 0 aromatic carbocycles. The first-order chi connectivity index (χ1) is 10.3. The van der Waals surface area contributed by atoms with Crippen LogP contribution in [0.25, 0.3) is 6.08 Å². The highest BCUT2D eigenvalue weighted by Crippen LogP contribution is 2.14. The minimum atomic E-state index is 0.0871. The molecule has 0 radical (unpaired) electrons. The van der Waals surface area contributed by atoms with Gasteiger partial charge in [0.05, 0.1) is 0 Å². The molecule has 108 valence electrons. The SMILES string of the molecule is O=C(/C=C/c1cccs1)N1CCN(c2ccccn2)CC1. The van der Waals surface area contributed by atoms with Gasteiger partial charge in [0.15, 0.2) is 0 Å². The molecule has 0 unspecified atom stereocenters. The minimum Gasteiger partial charge on any atom is -0.353 e. The summed E-state index contributed by atoms with van der Waals surface area (Å²) in [6, 6.07) is 9.91. The lowest BCUT2D eigenvalue weighted by Crippen LogP contribution is -2.48. The zero-order chi connectivity index (χ0) is 14.5. The summed E-state index contributed by atoms with van der Waals surface area (Å²) in [5.41, 5.74) is 0. The van der Waals surface area contributed by atoms with Gasteiger partial charge in [-0.15, -0.1) is 11.3 Å². The number of hydrogen-bond acceptors (Lipinski definition) is 4. The molecule has 0 bridgehead atoms. The Bertz CT molecular complexity index is 602. The van der Waals surface area contributed by atoms with E-state index >= 15 is 0 Å². The number of carbonyl (C=O) groups excluding carboxylic acids is 1. The molecule has 3 rings (SSSR count). The second-order valence-corrected chi connectivity index (χ2v) is 5.83. The van der Waals surface area contributed by atoms with Gasteiger partial charge in [0.2, 0.25) is 5.91 Å². The summed E-state index contributed by atoms with van der Waals surface area (Å²) < 4.78 is 0. The van der Waals surface area contributed by atoms with Crippen molar-refractivity contribution in [3.8, 4) is 0 Å². The lowest BCUT2D eigenvalue weighted by molar-refractivity contribution is -0.126. The van der Waals surface area contributed by atoms with E-state index in [1.165, 1.54) is 0 Å². The van der Waals surface area contributed by atoms with Gasteiger partial charge in [-0.25, -0.2) is 4.98 Å². The molecule has 1 aliphatic heterocycles. The van der Waals surface area contributed by atoms with Crippen LogP contribution in [0.5, 0.6) is 0 Å². The highest BCUT2D eigenvalue weighted by atomic mass is 32.1. The molecule has 1 fully saturated rings. The van der Waals surface area contributed by atoms with Crippen LogP contribution in [0.1, 0.15) is 4.88 Å². The predicted molar refractivity (Wildman–Crippen MR) is 86.4 cm³/mol. The predicted octanol–water partition coefficient (Wildman–Crippen LogP) is 2.51. The van der Waals surface area contributed by atoms with Crippen molar-refractivity contribution in [1.29, 1.82) is 0 Å². The van der Waals surface area contributed by atoms with E-state index in [0.29, 0.717) is 0 Å². The van der Waals surface area contributed by atoms with Gasteiger partial charge in [0, 0.05) is 43.3 Å². The Hall–Kier alpha value is -2.14. The molecule has 0 saturated carbocycles. The highest BCUT2D eigenvalue weighted by molar-refractivity contribution is 7.10. The Balaban J connectivity index is 1.55. The third-order valence-electron chi connectivity index (χ3n) is 3.50. The lowest BCUT2D eigenvalue weighted by Gasteiger charge is -2.34. The summed E-state index contributed by atoms with van der Waals surface area (Å²) in [6.45, 7) is 3.14. The van der Waals surface area contributed by atoms with Crippen molar-refractivity contribution in [1.82, 2.24) is 9.88 Å². The molecule has 2 aromatic rings. The topological polar surface area (TPSA) is 36.4 Å². The molecule has 0 atom stereocenters. The molecule has 0 aliphatic carbocycles. The van der Waals surface area contributed by atoms with Crippen LogP contribution in [-0.2, 0) is 4.79 Å². The van der Waals surface area contributed by atoms with Crippen molar-refractivity contribution in [2.45, 2.75) is 0 Å². The summed E-state index contributed by atoms with van der Waals surface area (Å²) in [4.78, 5) is 21.7. The number of thiophene rings is 1. The second kappa shape index (κ2) is 6.54. The third-order valence-corrected chi connectivity index (χ3v) is 4.34. The number of anilines is 1. The zero-order valence-corrected chi connectivity index (χ0v) is 12.5. The zero-order valence-electron chi connectivity index (χ0n) is 11.7. The van der Waals surface area contributed by atoms with Gasteiger partial charge in [-0.3, -0.25) is 4.79 Å². The first-order valence-corrected chi connectivity index (χ1v) is 7.87. The summed E-state index contributed by atoms with van der Waals surface area (Å²) in [7, 11) is 0. The van der Waals surface area contributed by atoms with E-state index in [1.54, 1.807) is 23.6 Å². The van der Waals surface area contributed by atoms with Gasteiger partial charge in [0.25, 0.3) is 0 Å². The molecule has 4 nitrogen and oxygen atoms in total. The quantitative estimate of drug-likeness (QED) is 0.817. The smallest absolute Gasteiger partial charge is 0.246 e. The Kier molecular flexibility index (Phi) is 4.31. The van der Waals surface area contributed by atoms with E-state index in [2.05, 4.69) is 9.88 Å². The molecule has 0 N–H and O–H groups in total. The fourth-order valence-corrected chi connectivity index (χ4v) is 2.96. The summed E-state index contributed by atoms with van der Waals surface area (Å²) in [5.74, 6) is 1.07. The molecule has 21 heavy (non-hydrogen) atoms. The first kappa shape index (κ1) is 13.8. The molecule has 2 aromatic heterocycles. The van der Waals surface area contributed by atoms with Crippen molar-refractivity contribution in [3.05, 3.63) is 52.9 Å². The van der Waals surface area contributed by atoms with Gasteiger partial charge in [0.1, 0.15) is 5.82 Å². The van der Waals surface area contributed by atoms with Gasteiger partial charge in [-0.2, -0.15) is 0 Å². The van der Waals surface area contributed by atoms with Crippen LogP contribution in [0.4, 0.5) is 5.82 Å². The fraction of sp³-hybridized carbons (Fsp3) is 0.250. The largest absolute Gasteiger partial charge is 0.353 e. The normalized spacial score (nSPS) is 15.6. The summed E-state index contributed by atoms with van der Waals surface area (Å²) in [6.07, 6.45) is 5.36. The lowest BCUT2D eigenvalue weighted by atomic mass is 10.3. The molecular formula is C16H17N3OS. The average molecular weight is 299 g/mol. The minimum absolute atomic E-state index is 0.0871. The molecule has 5 heteroatoms. The van der Waals surface area contributed by atoms with E-state index in [0.717, 1.165) is 36.9 Å². The number of hydrogen-bond donors (Lipinski definition) is 0. The number of carbonyl (C=O) groups is 1. The van der Waals surface area contributed by atoms with Crippen molar-refractivity contribution >= 4 is 29.1 Å². The van der Waals surface area contributed by atoms with Crippen LogP contribution in [0.3, 0.4) is 0 Å². The second-order valence-electron chi connectivity index (χ2n) is 4.85. The Morgan fingerprint density at radius 3 is 2.67 bits per heavy atom. The van der Waals surface area contributed by atoms with E-state index in [-0.39, 0.29) is 5.91 Å². The number of pyridine rings is 1. The van der Waals surface area contributed by atoms with E-state index in [1.807, 2.05) is 46.7 Å². The number of amides is 1. The monoisotopic (exact) mass is 299 g/mol. The molecule has 0 spiro atoms. The van der Waals surface area contributed by atoms with E-state index in [4.69, 9.17) is 0 Å². The molecule has 3 heterocycles. The van der Waals surface area contributed by atoms with Crippen LogP contribution < -0.4 is 4.90 Å². The Morgan fingerprint density at radius 2 is 2.00 bits per heavy atom. The number of aromatic nitrogens is 1. The van der Waals surface area contributed by atoms with Crippen molar-refractivity contribution in [2.24, 2.45) is 0 Å². The van der Waals surface area contributed by atoms with E-state index < -0.39 is 0 Å². The maximum absolute atomic E-state index is 12.1. The maximum Gasteiger partial charge on any atom is 0.246 e. The van der Waals surface area contributed by atoms with E-state index in [9.17, 15) is 4.79 Å². The molecule has 1 aliphatic rings. The number of nitrogens with zero attached hydrogens (tertiary/aromatic N) is 3. The number of piperazine rings is 1. The van der Waals surface area contributed by atoms with Crippen LogP contribution in [0, 0.1) is 0 Å². The number of rotatable bonds is 3. The molecular weight excluding hydrogens is 282 g/mol. The van der Waals surface area contributed by atoms with Crippen molar-refractivity contribution in [3.63, 3.8) is 0 Å².